The van der Waals surface area contributed by atoms with E-state index in [1.165, 1.54) is 0 Å². The maximum atomic E-state index is 12.9. The number of aromatic nitrogens is 1. The molecule has 5 heteroatoms. The minimum atomic E-state index is -0.0736. The third-order valence-electron chi connectivity index (χ3n) is 4.35. The summed E-state index contributed by atoms with van der Waals surface area (Å²) in [7, 11) is 0. The number of nitrogens with zero attached hydrogens (tertiary/aromatic N) is 2. The maximum absolute atomic E-state index is 12.9. The van der Waals surface area contributed by atoms with Gasteiger partial charge >= 0.3 is 0 Å². The van der Waals surface area contributed by atoms with E-state index in [4.69, 9.17) is 10.5 Å². The monoisotopic (exact) mass is 325 g/mol. The van der Waals surface area contributed by atoms with Crippen LogP contribution in [0.3, 0.4) is 0 Å². The molecule has 1 aromatic carbocycles. The van der Waals surface area contributed by atoms with Gasteiger partial charge in [0.2, 0.25) is 0 Å². The van der Waals surface area contributed by atoms with Gasteiger partial charge in [0.25, 0.3) is 5.91 Å². The van der Waals surface area contributed by atoms with E-state index in [2.05, 4.69) is 4.98 Å². The molecule has 126 valence electrons. The van der Waals surface area contributed by atoms with Gasteiger partial charge in [-0.2, -0.15) is 0 Å². The number of carbonyl (C=O) groups is 1. The molecule has 0 radical (unpaired) electrons. The summed E-state index contributed by atoms with van der Waals surface area (Å²) in [5.41, 5.74) is 6.47. The van der Waals surface area contributed by atoms with Crippen molar-refractivity contribution in [2.45, 2.75) is 38.3 Å². The number of benzene rings is 1. The minimum absolute atomic E-state index is 0.0435. The number of piperidine rings is 1. The second-order valence-corrected chi connectivity index (χ2v) is 6.21. The lowest BCUT2D eigenvalue weighted by Crippen LogP contribution is -2.51. The second-order valence-electron chi connectivity index (χ2n) is 6.21. The average Bonchev–Trinajstić information content (AvgIpc) is 2.62. The molecule has 0 bridgehead atoms. The van der Waals surface area contributed by atoms with Gasteiger partial charge in [0.1, 0.15) is 17.2 Å². The van der Waals surface area contributed by atoms with E-state index in [1.807, 2.05) is 42.2 Å². The smallest absolute Gasteiger partial charge is 0.272 e. The summed E-state index contributed by atoms with van der Waals surface area (Å²) in [6.45, 7) is 2.69. The topological polar surface area (TPSA) is 68.5 Å². The summed E-state index contributed by atoms with van der Waals surface area (Å²) >= 11 is 0. The van der Waals surface area contributed by atoms with Crippen LogP contribution in [-0.4, -0.2) is 34.4 Å². The Morgan fingerprint density at radius 3 is 2.79 bits per heavy atom. The number of ether oxygens (including phenoxy) is 1. The summed E-state index contributed by atoms with van der Waals surface area (Å²) in [4.78, 5) is 19.0. The van der Waals surface area contributed by atoms with Crippen LogP contribution in [0.4, 0.5) is 0 Å². The van der Waals surface area contributed by atoms with Gasteiger partial charge in [-0.15, -0.1) is 0 Å². The molecule has 1 amide bonds. The molecule has 1 aliphatic rings. The highest BCUT2D eigenvalue weighted by molar-refractivity contribution is 5.93. The van der Waals surface area contributed by atoms with E-state index in [-0.39, 0.29) is 18.0 Å². The number of amides is 1. The van der Waals surface area contributed by atoms with Crippen molar-refractivity contribution >= 4 is 5.91 Å². The molecule has 2 aromatic rings. The van der Waals surface area contributed by atoms with Crippen LogP contribution in [0.2, 0.25) is 0 Å². The van der Waals surface area contributed by atoms with Crippen molar-refractivity contribution in [3.05, 3.63) is 54.4 Å². The molecule has 24 heavy (non-hydrogen) atoms. The molecule has 1 saturated heterocycles. The fourth-order valence-corrected chi connectivity index (χ4v) is 3.12. The van der Waals surface area contributed by atoms with Crippen molar-refractivity contribution in [2.24, 2.45) is 5.73 Å². The highest BCUT2D eigenvalue weighted by atomic mass is 16.5. The molecule has 2 N–H and O–H groups in total. The largest absolute Gasteiger partial charge is 0.457 e. The Labute approximate surface area is 142 Å². The summed E-state index contributed by atoms with van der Waals surface area (Å²) in [6.07, 6.45) is 4.68. The number of carbonyl (C=O) groups excluding carboxylic acids is 1. The maximum Gasteiger partial charge on any atom is 0.272 e. The normalized spacial score (nSPS) is 18.9. The van der Waals surface area contributed by atoms with E-state index in [1.54, 1.807) is 18.3 Å². The van der Waals surface area contributed by atoms with Gasteiger partial charge in [-0.05, 0) is 44.4 Å². The van der Waals surface area contributed by atoms with Crippen molar-refractivity contribution in [3.63, 3.8) is 0 Å². The molecule has 2 atom stereocenters. The van der Waals surface area contributed by atoms with Gasteiger partial charge in [-0.1, -0.05) is 18.2 Å². The highest BCUT2D eigenvalue weighted by Gasteiger charge is 2.30. The third-order valence-corrected chi connectivity index (χ3v) is 4.35. The van der Waals surface area contributed by atoms with Crippen molar-refractivity contribution in [3.8, 4) is 11.5 Å². The first-order chi connectivity index (χ1) is 11.6. The predicted molar refractivity (Wildman–Crippen MR) is 93.1 cm³/mol. The summed E-state index contributed by atoms with van der Waals surface area (Å²) in [5, 5.41) is 0. The third kappa shape index (κ3) is 3.74. The molecule has 3 rings (SSSR count). The summed E-state index contributed by atoms with van der Waals surface area (Å²) in [5.74, 6) is 1.26. The number of likely N-dealkylation sites (tertiary alicyclic amines) is 1. The van der Waals surface area contributed by atoms with Gasteiger partial charge in [0.05, 0.1) is 0 Å². The van der Waals surface area contributed by atoms with Crippen LogP contribution >= 0.6 is 0 Å². The quantitative estimate of drug-likeness (QED) is 0.937. The summed E-state index contributed by atoms with van der Waals surface area (Å²) in [6, 6.07) is 13.0. The zero-order valence-corrected chi connectivity index (χ0v) is 13.9. The van der Waals surface area contributed by atoms with E-state index in [0.29, 0.717) is 11.4 Å². The van der Waals surface area contributed by atoms with Crippen LogP contribution in [-0.2, 0) is 0 Å². The molecule has 0 aliphatic carbocycles. The molecule has 1 fully saturated rings. The second kappa shape index (κ2) is 7.45. The first-order valence-electron chi connectivity index (χ1n) is 8.40. The molecule has 0 saturated carbocycles. The molecule has 0 spiro atoms. The van der Waals surface area contributed by atoms with Crippen LogP contribution in [0, 0.1) is 0 Å². The Hall–Kier alpha value is -2.40. The number of para-hydroxylation sites is 1. The Morgan fingerprint density at radius 1 is 1.25 bits per heavy atom. The molecular weight excluding hydrogens is 302 g/mol. The molecule has 1 aromatic heterocycles. The van der Waals surface area contributed by atoms with E-state index >= 15 is 0 Å². The number of nitrogens with two attached hydrogens (primary N) is 1. The minimum Gasteiger partial charge on any atom is -0.457 e. The van der Waals surface area contributed by atoms with Gasteiger partial charge in [-0.25, -0.2) is 0 Å². The van der Waals surface area contributed by atoms with Crippen LogP contribution in [0.5, 0.6) is 11.5 Å². The van der Waals surface area contributed by atoms with E-state index in [9.17, 15) is 4.79 Å². The molecular formula is C19H23N3O2. The molecule has 2 heterocycles. The Morgan fingerprint density at radius 2 is 2.04 bits per heavy atom. The van der Waals surface area contributed by atoms with Gasteiger partial charge in [0.15, 0.2) is 0 Å². The van der Waals surface area contributed by atoms with E-state index < -0.39 is 0 Å². The fraction of sp³-hybridized carbons (Fsp3) is 0.368. The van der Waals surface area contributed by atoms with E-state index in [0.717, 1.165) is 31.6 Å². The highest BCUT2D eigenvalue weighted by Crippen LogP contribution is 2.24. The van der Waals surface area contributed by atoms with Gasteiger partial charge < -0.3 is 15.4 Å². The first kappa shape index (κ1) is 16.5. The average molecular weight is 325 g/mol. The Bertz CT molecular complexity index is 688. The van der Waals surface area contributed by atoms with Crippen LogP contribution in [0.25, 0.3) is 0 Å². The van der Waals surface area contributed by atoms with Crippen LogP contribution < -0.4 is 10.5 Å². The Kier molecular flexibility index (Phi) is 5.11. The SMILES string of the molecule is CC(N)C1CCCCN1C(=O)c1cc(Oc2ccccc2)ccn1. The zero-order chi connectivity index (χ0) is 16.9. The number of pyridine rings is 1. The number of hydrogen-bond acceptors (Lipinski definition) is 4. The first-order valence-corrected chi connectivity index (χ1v) is 8.40. The fourth-order valence-electron chi connectivity index (χ4n) is 3.12. The van der Waals surface area contributed by atoms with Crippen molar-refractivity contribution < 1.29 is 9.53 Å². The van der Waals surface area contributed by atoms with Crippen LogP contribution in [0.15, 0.2) is 48.7 Å². The lowest BCUT2D eigenvalue weighted by Gasteiger charge is -2.37. The summed E-state index contributed by atoms with van der Waals surface area (Å²) < 4.78 is 5.80. The molecule has 1 aliphatic heterocycles. The lowest BCUT2D eigenvalue weighted by atomic mass is 9.96. The predicted octanol–water partition coefficient (Wildman–Crippen LogP) is 3.22. The zero-order valence-electron chi connectivity index (χ0n) is 13.9. The van der Waals surface area contributed by atoms with Crippen molar-refractivity contribution in [2.75, 3.05) is 6.54 Å². The Balaban J connectivity index is 1.78. The standard InChI is InChI=1S/C19H23N3O2/c1-14(20)18-9-5-6-12-22(18)19(23)17-13-16(10-11-21-17)24-15-7-3-2-4-8-15/h2-4,7-8,10-11,13-14,18H,5-6,9,12,20H2,1H3. The van der Waals surface area contributed by atoms with Gasteiger partial charge in [0, 0.05) is 30.9 Å². The number of hydrogen-bond donors (Lipinski definition) is 1. The van der Waals surface area contributed by atoms with Crippen molar-refractivity contribution in [1.82, 2.24) is 9.88 Å². The van der Waals surface area contributed by atoms with Crippen molar-refractivity contribution in [1.29, 1.82) is 0 Å². The van der Waals surface area contributed by atoms with Crippen LogP contribution in [0.1, 0.15) is 36.7 Å². The molecule has 5 nitrogen and oxygen atoms in total. The lowest BCUT2D eigenvalue weighted by molar-refractivity contribution is 0.0577. The molecule has 2 unspecified atom stereocenters. The van der Waals surface area contributed by atoms with Gasteiger partial charge in [-0.3, -0.25) is 9.78 Å². The number of rotatable bonds is 4.